The van der Waals surface area contributed by atoms with Gasteiger partial charge >= 0.3 is 0 Å². The van der Waals surface area contributed by atoms with E-state index in [0.717, 1.165) is 18.4 Å². The fourth-order valence-electron chi connectivity index (χ4n) is 2.65. The van der Waals surface area contributed by atoms with E-state index in [1.54, 1.807) is 13.3 Å². The van der Waals surface area contributed by atoms with Crippen LogP contribution in [0, 0.1) is 0 Å². The third-order valence-electron chi connectivity index (χ3n) is 3.82. The zero-order valence-corrected chi connectivity index (χ0v) is 12.8. The SMILES string of the molecule is COc1ncccc1CNCC(O)COC1CCCCC1. The van der Waals surface area contributed by atoms with Gasteiger partial charge < -0.3 is 19.9 Å². The number of nitrogens with one attached hydrogen (secondary N) is 1. The predicted molar refractivity (Wildman–Crippen MR) is 81.3 cm³/mol. The number of nitrogens with zero attached hydrogens (tertiary/aromatic N) is 1. The van der Waals surface area contributed by atoms with Gasteiger partial charge in [0.1, 0.15) is 0 Å². The first-order valence-corrected chi connectivity index (χ1v) is 7.78. The molecule has 1 heterocycles. The molecule has 0 aliphatic heterocycles. The van der Waals surface area contributed by atoms with Crippen molar-refractivity contribution in [3.05, 3.63) is 23.9 Å². The maximum atomic E-state index is 9.95. The van der Waals surface area contributed by atoms with Crippen LogP contribution in [0.1, 0.15) is 37.7 Å². The molecule has 1 aromatic heterocycles. The van der Waals surface area contributed by atoms with E-state index in [0.29, 0.717) is 31.7 Å². The summed E-state index contributed by atoms with van der Waals surface area (Å²) >= 11 is 0. The summed E-state index contributed by atoms with van der Waals surface area (Å²) < 4.78 is 11.0. The first-order valence-electron chi connectivity index (χ1n) is 7.78. The monoisotopic (exact) mass is 294 g/mol. The number of rotatable bonds is 8. The van der Waals surface area contributed by atoms with Crippen LogP contribution in [-0.2, 0) is 11.3 Å². The molecule has 1 aromatic rings. The Morgan fingerprint density at radius 3 is 2.95 bits per heavy atom. The van der Waals surface area contributed by atoms with Crippen LogP contribution in [0.15, 0.2) is 18.3 Å². The maximum Gasteiger partial charge on any atom is 0.217 e. The van der Waals surface area contributed by atoms with Gasteiger partial charge in [-0.15, -0.1) is 0 Å². The summed E-state index contributed by atoms with van der Waals surface area (Å²) in [5, 5.41) is 13.2. The summed E-state index contributed by atoms with van der Waals surface area (Å²) in [6.45, 7) is 1.53. The molecule has 5 heteroatoms. The lowest BCUT2D eigenvalue weighted by molar-refractivity contribution is -0.0230. The topological polar surface area (TPSA) is 63.6 Å². The first kappa shape index (κ1) is 16.2. The molecule has 0 amide bonds. The number of ether oxygens (including phenoxy) is 2. The molecule has 0 radical (unpaired) electrons. The van der Waals surface area contributed by atoms with Gasteiger partial charge in [-0.1, -0.05) is 25.3 Å². The lowest BCUT2D eigenvalue weighted by Crippen LogP contribution is -2.32. The third kappa shape index (κ3) is 5.61. The molecular formula is C16H26N2O3. The van der Waals surface area contributed by atoms with Crippen LogP contribution in [0.5, 0.6) is 5.88 Å². The lowest BCUT2D eigenvalue weighted by atomic mass is 9.98. The Balaban J connectivity index is 1.63. The van der Waals surface area contributed by atoms with Crippen LogP contribution in [0.4, 0.5) is 0 Å². The largest absolute Gasteiger partial charge is 0.481 e. The molecule has 1 saturated carbocycles. The standard InChI is InChI=1S/C16H26N2O3/c1-20-16-13(6-5-9-18-16)10-17-11-14(19)12-21-15-7-3-2-4-8-15/h5-6,9,14-15,17,19H,2-4,7-8,10-12H2,1H3. The highest BCUT2D eigenvalue weighted by Crippen LogP contribution is 2.20. The van der Waals surface area contributed by atoms with Crippen molar-refractivity contribution < 1.29 is 14.6 Å². The van der Waals surface area contributed by atoms with Gasteiger partial charge in [0, 0.05) is 24.8 Å². The van der Waals surface area contributed by atoms with Crippen LogP contribution in [0.2, 0.25) is 0 Å². The van der Waals surface area contributed by atoms with Gasteiger partial charge in [0.25, 0.3) is 0 Å². The molecule has 1 aliphatic carbocycles. The van der Waals surface area contributed by atoms with Gasteiger partial charge in [-0.05, 0) is 18.9 Å². The molecule has 21 heavy (non-hydrogen) atoms. The molecule has 1 fully saturated rings. The summed E-state index contributed by atoms with van der Waals surface area (Å²) in [4.78, 5) is 4.14. The highest BCUT2D eigenvalue weighted by molar-refractivity contribution is 5.24. The summed E-state index contributed by atoms with van der Waals surface area (Å²) in [5.74, 6) is 0.623. The van der Waals surface area contributed by atoms with Crippen molar-refractivity contribution in [3.8, 4) is 5.88 Å². The van der Waals surface area contributed by atoms with Gasteiger partial charge in [-0.25, -0.2) is 4.98 Å². The average molecular weight is 294 g/mol. The predicted octanol–water partition coefficient (Wildman–Crippen LogP) is 1.89. The lowest BCUT2D eigenvalue weighted by Gasteiger charge is -2.23. The Kier molecular flexibility index (Phi) is 6.92. The van der Waals surface area contributed by atoms with Gasteiger partial charge in [-0.2, -0.15) is 0 Å². The first-order chi connectivity index (χ1) is 10.3. The minimum absolute atomic E-state index is 0.340. The third-order valence-corrected chi connectivity index (χ3v) is 3.82. The number of hydrogen-bond donors (Lipinski definition) is 2. The second-order valence-corrected chi connectivity index (χ2v) is 5.55. The molecule has 2 N–H and O–H groups in total. The van der Waals surface area contributed by atoms with Crippen LogP contribution >= 0.6 is 0 Å². The molecular weight excluding hydrogens is 268 g/mol. The minimum Gasteiger partial charge on any atom is -0.481 e. The van der Waals surface area contributed by atoms with E-state index in [-0.39, 0.29) is 0 Å². The van der Waals surface area contributed by atoms with Crippen LogP contribution in [-0.4, -0.2) is 42.6 Å². The van der Waals surface area contributed by atoms with Gasteiger partial charge in [-0.3, -0.25) is 0 Å². The number of aromatic nitrogens is 1. The molecule has 1 atom stereocenters. The van der Waals surface area contributed by atoms with E-state index in [1.165, 1.54) is 19.3 Å². The van der Waals surface area contributed by atoms with Gasteiger partial charge in [0.15, 0.2) is 0 Å². The van der Waals surface area contributed by atoms with Crippen LogP contribution in [0.3, 0.4) is 0 Å². The van der Waals surface area contributed by atoms with E-state index in [1.807, 2.05) is 12.1 Å². The molecule has 0 saturated heterocycles. The van der Waals surface area contributed by atoms with Crippen molar-refractivity contribution >= 4 is 0 Å². The van der Waals surface area contributed by atoms with Crippen molar-refractivity contribution in [2.45, 2.75) is 50.9 Å². The molecule has 1 unspecified atom stereocenters. The Morgan fingerprint density at radius 2 is 2.19 bits per heavy atom. The smallest absolute Gasteiger partial charge is 0.217 e. The van der Waals surface area contributed by atoms with E-state index >= 15 is 0 Å². The highest BCUT2D eigenvalue weighted by Gasteiger charge is 2.15. The fraction of sp³-hybridized carbons (Fsp3) is 0.688. The van der Waals surface area contributed by atoms with Crippen molar-refractivity contribution in [1.29, 1.82) is 0 Å². The summed E-state index contributed by atoms with van der Waals surface area (Å²) in [5.41, 5.74) is 0.986. The number of aliphatic hydroxyl groups is 1. The van der Waals surface area contributed by atoms with Crippen LogP contribution in [0.25, 0.3) is 0 Å². The molecule has 5 nitrogen and oxygen atoms in total. The Morgan fingerprint density at radius 1 is 1.38 bits per heavy atom. The normalized spacial score (nSPS) is 17.6. The summed E-state index contributed by atoms with van der Waals surface area (Å²) in [6, 6.07) is 3.84. The molecule has 2 rings (SSSR count). The van der Waals surface area contributed by atoms with E-state index < -0.39 is 6.10 Å². The average Bonchev–Trinajstić information content (AvgIpc) is 2.54. The highest BCUT2D eigenvalue weighted by atomic mass is 16.5. The minimum atomic E-state index is -0.477. The van der Waals surface area contributed by atoms with E-state index in [2.05, 4.69) is 10.3 Å². The number of methoxy groups -OCH3 is 1. The molecule has 1 aliphatic rings. The molecule has 0 bridgehead atoms. The molecule has 0 aromatic carbocycles. The Labute approximate surface area is 126 Å². The van der Waals surface area contributed by atoms with E-state index in [9.17, 15) is 5.11 Å². The Hall–Kier alpha value is -1.17. The summed E-state index contributed by atoms with van der Waals surface area (Å²) in [7, 11) is 1.61. The second kappa shape index (κ2) is 8.97. The van der Waals surface area contributed by atoms with Crippen molar-refractivity contribution in [2.75, 3.05) is 20.3 Å². The number of hydrogen-bond acceptors (Lipinski definition) is 5. The molecule has 0 spiro atoms. The number of pyridine rings is 1. The Bertz CT molecular complexity index is 408. The zero-order chi connectivity index (χ0) is 14.9. The van der Waals surface area contributed by atoms with Crippen molar-refractivity contribution in [3.63, 3.8) is 0 Å². The van der Waals surface area contributed by atoms with Crippen molar-refractivity contribution in [1.82, 2.24) is 10.3 Å². The summed E-state index contributed by atoms with van der Waals surface area (Å²) in [6.07, 6.45) is 7.65. The van der Waals surface area contributed by atoms with E-state index in [4.69, 9.17) is 9.47 Å². The van der Waals surface area contributed by atoms with Gasteiger partial charge in [0.05, 0.1) is 25.9 Å². The quantitative estimate of drug-likeness (QED) is 0.766. The number of aliphatic hydroxyl groups excluding tert-OH is 1. The molecule has 118 valence electrons. The van der Waals surface area contributed by atoms with Crippen LogP contribution < -0.4 is 10.1 Å². The van der Waals surface area contributed by atoms with Crippen molar-refractivity contribution in [2.24, 2.45) is 0 Å². The fourth-order valence-corrected chi connectivity index (χ4v) is 2.65. The second-order valence-electron chi connectivity index (χ2n) is 5.55. The van der Waals surface area contributed by atoms with Gasteiger partial charge in [0.2, 0.25) is 5.88 Å². The maximum absolute atomic E-state index is 9.95. The zero-order valence-electron chi connectivity index (χ0n) is 12.8.